The second kappa shape index (κ2) is 5.12. The number of benzene rings is 1. The smallest absolute Gasteiger partial charge is 0.0994 e. The van der Waals surface area contributed by atoms with E-state index in [0.717, 1.165) is 22.9 Å². The van der Waals surface area contributed by atoms with Gasteiger partial charge in [0.15, 0.2) is 0 Å². The zero-order valence-corrected chi connectivity index (χ0v) is 11.7. The van der Waals surface area contributed by atoms with Crippen LogP contribution in [0.25, 0.3) is 5.69 Å². The normalized spacial score (nSPS) is 11.8. The first-order chi connectivity index (χ1) is 8.46. The van der Waals surface area contributed by atoms with E-state index in [1.54, 1.807) is 0 Å². The summed E-state index contributed by atoms with van der Waals surface area (Å²) in [5, 5.41) is 4.20. The lowest BCUT2D eigenvalue weighted by atomic mass is 10.1. The van der Waals surface area contributed by atoms with Crippen molar-refractivity contribution in [3.05, 3.63) is 47.5 Å². The van der Waals surface area contributed by atoms with Gasteiger partial charge in [-0.1, -0.05) is 11.6 Å². The molecule has 2 rings (SSSR count). The van der Waals surface area contributed by atoms with Crippen LogP contribution in [-0.4, -0.2) is 15.1 Å². The minimum atomic E-state index is 0.0924. The zero-order valence-electron chi connectivity index (χ0n) is 10.9. The number of imidazole rings is 1. The summed E-state index contributed by atoms with van der Waals surface area (Å²) >= 11 is 5.90. The Labute approximate surface area is 113 Å². The Hall–Kier alpha value is -1.32. The van der Waals surface area contributed by atoms with Crippen LogP contribution in [0.15, 0.2) is 36.8 Å². The van der Waals surface area contributed by atoms with Crippen LogP contribution in [0.4, 0.5) is 0 Å². The van der Waals surface area contributed by atoms with Crippen LogP contribution >= 0.6 is 11.6 Å². The Bertz CT molecular complexity index is 509. The molecule has 3 nitrogen and oxygen atoms in total. The van der Waals surface area contributed by atoms with Crippen molar-refractivity contribution in [1.29, 1.82) is 0 Å². The first kappa shape index (κ1) is 13.1. The zero-order chi connectivity index (χ0) is 13.2. The van der Waals surface area contributed by atoms with Gasteiger partial charge in [-0.2, -0.15) is 0 Å². The highest BCUT2D eigenvalue weighted by Crippen LogP contribution is 2.15. The quantitative estimate of drug-likeness (QED) is 0.920. The molecule has 0 saturated carbocycles. The van der Waals surface area contributed by atoms with Crippen molar-refractivity contribution in [3.63, 3.8) is 0 Å². The largest absolute Gasteiger partial charge is 0.306 e. The van der Waals surface area contributed by atoms with Crippen LogP contribution in [0.2, 0.25) is 5.02 Å². The van der Waals surface area contributed by atoms with E-state index in [2.05, 4.69) is 35.6 Å². The van der Waals surface area contributed by atoms with Crippen LogP contribution in [0.5, 0.6) is 0 Å². The molecule has 0 fully saturated rings. The van der Waals surface area contributed by atoms with Crippen LogP contribution in [-0.2, 0) is 6.54 Å². The molecular weight excluding hydrogens is 246 g/mol. The Balaban J connectivity index is 2.20. The maximum Gasteiger partial charge on any atom is 0.0994 e. The first-order valence-corrected chi connectivity index (χ1v) is 6.36. The summed E-state index contributed by atoms with van der Waals surface area (Å²) in [7, 11) is 0. The van der Waals surface area contributed by atoms with Crippen LogP contribution in [0, 0.1) is 0 Å². The lowest BCUT2D eigenvalue weighted by Gasteiger charge is -2.21. The molecule has 1 aromatic carbocycles. The third kappa shape index (κ3) is 3.34. The molecule has 0 aliphatic rings. The SMILES string of the molecule is CC(C)(C)NCc1cncn1-c1ccc(Cl)cc1. The summed E-state index contributed by atoms with van der Waals surface area (Å²) in [5.41, 5.74) is 2.30. The molecule has 96 valence electrons. The van der Waals surface area contributed by atoms with Crippen molar-refractivity contribution in [3.8, 4) is 5.69 Å². The maximum atomic E-state index is 5.90. The molecule has 2 aromatic rings. The van der Waals surface area contributed by atoms with Crippen molar-refractivity contribution >= 4 is 11.6 Å². The molecule has 1 aromatic heterocycles. The highest BCUT2D eigenvalue weighted by Gasteiger charge is 2.11. The van der Waals surface area contributed by atoms with E-state index >= 15 is 0 Å². The molecule has 0 aliphatic heterocycles. The number of hydrogen-bond acceptors (Lipinski definition) is 2. The van der Waals surface area contributed by atoms with E-state index in [-0.39, 0.29) is 5.54 Å². The number of halogens is 1. The molecule has 0 spiro atoms. The van der Waals surface area contributed by atoms with E-state index in [0.29, 0.717) is 0 Å². The molecule has 4 heteroatoms. The Morgan fingerprint density at radius 3 is 2.50 bits per heavy atom. The van der Waals surface area contributed by atoms with Gasteiger partial charge in [-0.25, -0.2) is 4.98 Å². The molecule has 0 bridgehead atoms. The summed E-state index contributed by atoms with van der Waals surface area (Å²) in [6.07, 6.45) is 3.70. The fraction of sp³-hybridized carbons (Fsp3) is 0.357. The standard InChI is InChI=1S/C14H18ClN3/c1-14(2,3)17-9-13-8-16-10-18(13)12-6-4-11(15)5-7-12/h4-8,10,17H,9H2,1-3H3. The second-order valence-electron chi connectivity index (χ2n) is 5.33. The van der Waals surface area contributed by atoms with Gasteiger partial charge in [0.05, 0.1) is 12.0 Å². The average Bonchev–Trinajstić information content (AvgIpc) is 2.75. The summed E-state index contributed by atoms with van der Waals surface area (Å²) < 4.78 is 2.06. The summed E-state index contributed by atoms with van der Waals surface area (Å²) in [6.45, 7) is 7.23. The van der Waals surface area contributed by atoms with E-state index in [9.17, 15) is 0 Å². The molecule has 0 saturated heterocycles. The van der Waals surface area contributed by atoms with Gasteiger partial charge in [0, 0.05) is 29.0 Å². The number of nitrogens with one attached hydrogen (secondary N) is 1. The number of rotatable bonds is 3. The predicted molar refractivity (Wildman–Crippen MR) is 75.2 cm³/mol. The second-order valence-corrected chi connectivity index (χ2v) is 5.77. The molecule has 1 N–H and O–H groups in total. The van der Waals surface area contributed by atoms with Gasteiger partial charge >= 0.3 is 0 Å². The van der Waals surface area contributed by atoms with Gasteiger partial charge in [0.25, 0.3) is 0 Å². The summed E-state index contributed by atoms with van der Waals surface area (Å²) in [5.74, 6) is 0. The lowest BCUT2D eigenvalue weighted by Crippen LogP contribution is -2.35. The Morgan fingerprint density at radius 1 is 1.22 bits per heavy atom. The fourth-order valence-corrected chi connectivity index (χ4v) is 1.77. The van der Waals surface area contributed by atoms with Crippen molar-refractivity contribution < 1.29 is 0 Å². The molecular formula is C14H18ClN3. The minimum Gasteiger partial charge on any atom is -0.306 e. The van der Waals surface area contributed by atoms with Gasteiger partial charge in [-0.3, -0.25) is 0 Å². The Kier molecular flexibility index (Phi) is 3.73. The molecule has 0 atom stereocenters. The van der Waals surface area contributed by atoms with Gasteiger partial charge in [-0.15, -0.1) is 0 Å². The highest BCUT2D eigenvalue weighted by molar-refractivity contribution is 6.30. The molecule has 0 radical (unpaired) electrons. The van der Waals surface area contributed by atoms with Gasteiger partial charge in [-0.05, 0) is 45.0 Å². The van der Waals surface area contributed by atoms with Crippen molar-refractivity contribution in [2.24, 2.45) is 0 Å². The van der Waals surface area contributed by atoms with E-state index in [1.165, 1.54) is 0 Å². The van der Waals surface area contributed by atoms with Gasteiger partial charge in [0.2, 0.25) is 0 Å². The number of hydrogen-bond donors (Lipinski definition) is 1. The number of nitrogens with zero attached hydrogens (tertiary/aromatic N) is 2. The van der Waals surface area contributed by atoms with Gasteiger partial charge in [0.1, 0.15) is 0 Å². The minimum absolute atomic E-state index is 0.0924. The van der Waals surface area contributed by atoms with Crippen LogP contribution in [0.3, 0.4) is 0 Å². The predicted octanol–water partition coefficient (Wildman–Crippen LogP) is 3.41. The van der Waals surface area contributed by atoms with Crippen LogP contribution < -0.4 is 5.32 Å². The van der Waals surface area contributed by atoms with Crippen molar-refractivity contribution in [2.45, 2.75) is 32.9 Å². The molecule has 0 aliphatic carbocycles. The highest BCUT2D eigenvalue weighted by atomic mass is 35.5. The monoisotopic (exact) mass is 263 g/mol. The Morgan fingerprint density at radius 2 is 1.89 bits per heavy atom. The third-order valence-electron chi connectivity index (χ3n) is 2.62. The van der Waals surface area contributed by atoms with E-state index in [1.807, 2.05) is 36.8 Å². The summed E-state index contributed by atoms with van der Waals surface area (Å²) in [4.78, 5) is 4.21. The average molecular weight is 264 g/mol. The van der Waals surface area contributed by atoms with Crippen molar-refractivity contribution in [2.75, 3.05) is 0 Å². The summed E-state index contributed by atoms with van der Waals surface area (Å²) in [6, 6.07) is 7.75. The van der Waals surface area contributed by atoms with Gasteiger partial charge < -0.3 is 9.88 Å². The first-order valence-electron chi connectivity index (χ1n) is 5.98. The molecule has 0 unspecified atom stereocenters. The lowest BCUT2D eigenvalue weighted by molar-refractivity contribution is 0.419. The third-order valence-corrected chi connectivity index (χ3v) is 2.87. The molecule has 1 heterocycles. The molecule has 18 heavy (non-hydrogen) atoms. The van der Waals surface area contributed by atoms with Crippen LogP contribution in [0.1, 0.15) is 26.5 Å². The van der Waals surface area contributed by atoms with Crippen molar-refractivity contribution in [1.82, 2.24) is 14.9 Å². The topological polar surface area (TPSA) is 29.9 Å². The number of aromatic nitrogens is 2. The maximum absolute atomic E-state index is 5.90. The van der Waals surface area contributed by atoms with E-state index < -0.39 is 0 Å². The van der Waals surface area contributed by atoms with E-state index in [4.69, 9.17) is 11.6 Å². The fourth-order valence-electron chi connectivity index (χ4n) is 1.64. The molecule has 0 amide bonds.